The molecule has 2 rings (SSSR count). The molecule has 0 bridgehead atoms. The Balaban J connectivity index is 2.43. The zero-order valence-electron chi connectivity index (χ0n) is 11.3. The van der Waals surface area contributed by atoms with E-state index in [-0.39, 0.29) is 6.04 Å². The smallest absolute Gasteiger partial charge is 0.246 e. The number of carbonyl (C=O) groups is 1. The molecule has 0 radical (unpaired) electrons. The van der Waals surface area contributed by atoms with Crippen molar-refractivity contribution in [2.75, 3.05) is 6.54 Å². The molecule has 0 aliphatic heterocycles. The molecule has 0 saturated heterocycles. The van der Waals surface area contributed by atoms with Crippen molar-refractivity contribution in [1.29, 1.82) is 0 Å². The van der Waals surface area contributed by atoms with Gasteiger partial charge >= 0.3 is 0 Å². The predicted molar refractivity (Wildman–Crippen MR) is 79.4 cm³/mol. The van der Waals surface area contributed by atoms with Gasteiger partial charge in [-0.1, -0.05) is 28.8 Å². The van der Waals surface area contributed by atoms with Crippen LogP contribution in [0.25, 0.3) is 0 Å². The molecule has 1 aromatic carbocycles. The summed E-state index contributed by atoms with van der Waals surface area (Å²) in [4.78, 5) is 10.8. The third-order valence-electron chi connectivity index (χ3n) is 3.52. The number of hydrogen-bond acceptors (Lipinski definition) is 3. The number of sulfonamides is 1. The number of carbonyl (C=O) groups excluding carboxylic acids is 1. The predicted octanol–water partition coefficient (Wildman–Crippen LogP) is 2.01. The number of rotatable bonds is 5. The van der Waals surface area contributed by atoms with Crippen LogP contribution in [0, 0.1) is 5.82 Å². The lowest BCUT2D eigenvalue weighted by molar-refractivity contribution is -0.118. The molecule has 1 amide bonds. The van der Waals surface area contributed by atoms with Crippen molar-refractivity contribution in [2.24, 2.45) is 5.73 Å². The van der Waals surface area contributed by atoms with E-state index in [2.05, 4.69) is 15.9 Å². The standard InChI is InChI=1S/C13H16BrFN2O3S/c14-9-5-6-12(11(15)7-9)21(19,20)17(8-13(16)18)10-3-1-2-4-10/h5-7,10H,1-4,8H2,(H2,16,18). The maximum Gasteiger partial charge on any atom is 0.246 e. The summed E-state index contributed by atoms with van der Waals surface area (Å²) in [6, 6.07) is 3.43. The van der Waals surface area contributed by atoms with Crippen molar-refractivity contribution in [2.45, 2.75) is 36.6 Å². The van der Waals surface area contributed by atoms with Crippen molar-refractivity contribution < 1.29 is 17.6 Å². The van der Waals surface area contributed by atoms with Crippen molar-refractivity contribution in [3.63, 3.8) is 0 Å². The highest BCUT2D eigenvalue weighted by Crippen LogP contribution is 2.30. The lowest BCUT2D eigenvalue weighted by Crippen LogP contribution is -2.44. The molecule has 1 saturated carbocycles. The van der Waals surface area contributed by atoms with Gasteiger partial charge in [-0.05, 0) is 31.0 Å². The molecule has 0 spiro atoms. The van der Waals surface area contributed by atoms with Crippen molar-refractivity contribution >= 4 is 31.9 Å². The Morgan fingerprint density at radius 2 is 2.00 bits per heavy atom. The number of amides is 1. The third kappa shape index (κ3) is 3.61. The Kier molecular flexibility index (Phi) is 5.00. The number of nitrogens with two attached hydrogens (primary N) is 1. The monoisotopic (exact) mass is 378 g/mol. The summed E-state index contributed by atoms with van der Waals surface area (Å²) in [5.74, 6) is -1.60. The molecule has 5 nitrogen and oxygen atoms in total. The largest absolute Gasteiger partial charge is 0.369 e. The van der Waals surface area contributed by atoms with E-state index in [4.69, 9.17) is 5.73 Å². The van der Waals surface area contributed by atoms with Gasteiger partial charge < -0.3 is 5.73 Å². The molecule has 1 aromatic rings. The summed E-state index contributed by atoms with van der Waals surface area (Å²) in [5, 5.41) is 0. The Bertz CT molecular complexity index is 645. The van der Waals surface area contributed by atoms with E-state index in [1.54, 1.807) is 0 Å². The third-order valence-corrected chi connectivity index (χ3v) is 5.95. The molecule has 0 unspecified atom stereocenters. The minimum absolute atomic E-state index is 0.300. The van der Waals surface area contributed by atoms with Gasteiger partial charge in [0.1, 0.15) is 10.7 Å². The van der Waals surface area contributed by atoms with E-state index in [1.807, 2.05) is 0 Å². The average Bonchev–Trinajstić information content (AvgIpc) is 2.88. The van der Waals surface area contributed by atoms with E-state index in [9.17, 15) is 17.6 Å². The fourth-order valence-corrected chi connectivity index (χ4v) is 4.60. The van der Waals surface area contributed by atoms with Gasteiger partial charge in [0, 0.05) is 10.5 Å². The van der Waals surface area contributed by atoms with Crippen LogP contribution in [0.3, 0.4) is 0 Å². The number of benzene rings is 1. The van der Waals surface area contributed by atoms with E-state index < -0.39 is 33.2 Å². The first kappa shape index (κ1) is 16.4. The molecule has 0 atom stereocenters. The van der Waals surface area contributed by atoms with Crippen LogP contribution in [-0.2, 0) is 14.8 Å². The molecular weight excluding hydrogens is 363 g/mol. The summed E-state index contributed by atoms with van der Waals surface area (Å²) in [5.41, 5.74) is 5.15. The summed E-state index contributed by atoms with van der Waals surface area (Å²) >= 11 is 3.08. The molecule has 21 heavy (non-hydrogen) atoms. The number of hydrogen-bond donors (Lipinski definition) is 1. The van der Waals surface area contributed by atoms with E-state index in [0.29, 0.717) is 17.3 Å². The van der Waals surface area contributed by atoms with Gasteiger partial charge in [-0.2, -0.15) is 4.31 Å². The van der Waals surface area contributed by atoms with E-state index in [0.717, 1.165) is 23.2 Å². The molecule has 0 heterocycles. The Hall–Kier alpha value is -0.990. The molecule has 1 aliphatic carbocycles. The zero-order chi connectivity index (χ0) is 15.6. The average molecular weight is 379 g/mol. The van der Waals surface area contributed by atoms with Crippen LogP contribution in [0.4, 0.5) is 4.39 Å². The second kappa shape index (κ2) is 6.41. The second-order valence-corrected chi connectivity index (χ2v) is 7.80. The van der Waals surface area contributed by atoms with Gasteiger partial charge in [-0.25, -0.2) is 12.8 Å². The quantitative estimate of drug-likeness (QED) is 0.850. The van der Waals surface area contributed by atoms with E-state index in [1.165, 1.54) is 12.1 Å². The summed E-state index contributed by atoms with van der Waals surface area (Å²) in [7, 11) is -4.09. The Morgan fingerprint density at radius 1 is 1.38 bits per heavy atom. The van der Waals surface area contributed by atoms with Gasteiger partial charge in [-0.15, -0.1) is 0 Å². The first-order chi connectivity index (χ1) is 9.82. The summed E-state index contributed by atoms with van der Waals surface area (Å²) < 4.78 is 40.8. The maximum atomic E-state index is 14.0. The Labute approximate surface area is 131 Å². The van der Waals surface area contributed by atoms with Gasteiger partial charge in [0.15, 0.2) is 0 Å². The molecule has 2 N–H and O–H groups in total. The highest BCUT2D eigenvalue weighted by Gasteiger charge is 2.35. The van der Waals surface area contributed by atoms with Crippen LogP contribution >= 0.6 is 15.9 Å². The van der Waals surface area contributed by atoms with Crippen LogP contribution in [-0.4, -0.2) is 31.2 Å². The van der Waals surface area contributed by atoms with Crippen LogP contribution in [0.15, 0.2) is 27.6 Å². The molecule has 116 valence electrons. The highest BCUT2D eigenvalue weighted by molar-refractivity contribution is 9.10. The minimum Gasteiger partial charge on any atom is -0.369 e. The second-order valence-electron chi connectivity index (χ2n) is 5.03. The van der Waals surface area contributed by atoms with Crippen LogP contribution < -0.4 is 5.73 Å². The Morgan fingerprint density at radius 3 is 2.52 bits per heavy atom. The molecule has 1 fully saturated rings. The van der Waals surface area contributed by atoms with Crippen LogP contribution in [0.1, 0.15) is 25.7 Å². The fourth-order valence-electron chi connectivity index (χ4n) is 2.57. The minimum atomic E-state index is -4.09. The highest BCUT2D eigenvalue weighted by atomic mass is 79.9. The summed E-state index contributed by atoms with van der Waals surface area (Å²) in [6.07, 6.45) is 3.09. The van der Waals surface area contributed by atoms with Gasteiger partial charge in [0.2, 0.25) is 15.9 Å². The van der Waals surface area contributed by atoms with Gasteiger partial charge in [0.25, 0.3) is 0 Å². The van der Waals surface area contributed by atoms with Crippen molar-refractivity contribution in [3.8, 4) is 0 Å². The molecule has 1 aliphatic rings. The lowest BCUT2D eigenvalue weighted by atomic mass is 10.2. The maximum absolute atomic E-state index is 14.0. The van der Waals surface area contributed by atoms with Gasteiger partial charge in [-0.3, -0.25) is 4.79 Å². The molecule has 0 aromatic heterocycles. The van der Waals surface area contributed by atoms with Crippen LogP contribution in [0.5, 0.6) is 0 Å². The van der Waals surface area contributed by atoms with E-state index >= 15 is 0 Å². The normalized spacial score (nSPS) is 16.5. The zero-order valence-corrected chi connectivity index (χ0v) is 13.7. The summed E-state index contributed by atoms with van der Waals surface area (Å²) in [6.45, 7) is -0.428. The number of primary amides is 1. The first-order valence-corrected chi connectivity index (χ1v) is 8.81. The topological polar surface area (TPSA) is 80.5 Å². The van der Waals surface area contributed by atoms with Crippen LogP contribution in [0.2, 0.25) is 0 Å². The van der Waals surface area contributed by atoms with Gasteiger partial charge in [0.05, 0.1) is 6.54 Å². The fraction of sp³-hybridized carbons (Fsp3) is 0.462. The SMILES string of the molecule is NC(=O)CN(C1CCCC1)S(=O)(=O)c1ccc(Br)cc1F. The first-order valence-electron chi connectivity index (χ1n) is 6.57. The lowest BCUT2D eigenvalue weighted by Gasteiger charge is -2.27. The number of halogens is 2. The molecule has 8 heteroatoms. The number of nitrogens with zero attached hydrogens (tertiary/aromatic N) is 1. The van der Waals surface area contributed by atoms with Crippen molar-refractivity contribution in [3.05, 3.63) is 28.5 Å². The molecular formula is C13H16BrFN2O3S. The van der Waals surface area contributed by atoms with Crippen molar-refractivity contribution in [1.82, 2.24) is 4.31 Å².